The van der Waals surface area contributed by atoms with Crippen LogP contribution in [0.3, 0.4) is 0 Å². The summed E-state index contributed by atoms with van der Waals surface area (Å²) in [6.07, 6.45) is 2.78. The number of carboxylic acid groups (broad SMARTS) is 1. The van der Waals surface area contributed by atoms with Crippen molar-refractivity contribution in [1.82, 2.24) is 9.97 Å². The zero-order chi connectivity index (χ0) is 18.6. The summed E-state index contributed by atoms with van der Waals surface area (Å²) in [5.41, 5.74) is -0.376. The second-order valence-corrected chi connectivity index (χ2v) is 5.81. The van der Waals surface area contributed by atoms with Gasteiger partial charge in [0.1, 0.15) is 17.9 Å². The van der Waals surface area contributed by atoms with Crippen LogP contribution in [-0.2, 0) is 10.4 Å². The fourth-order valence-electron chi connectivity index (χ4n) is 2.31. The first kappa shape index (κ1) is 18.2. The van der Waals surface area contributed by atoms with Gasteiger partial charge in [-0.1, -0.05) is 17.3 Å². The lowest BCUT2D eigenvalue weighted by Crippen LogP contribution is -2.40. The molecular formula is C17H20N4O4. The van der Waals surface area contributed by atoms with Crippen LogP contribution in [0.15, 0.2) is 41.9 Å². The monoisotopic (exact) mass is 344 g/mol. The molecule has 0 bridgehead atoms. The van der Waals surface area contributed by atoms with Crippen molar-refractivity contribution >= 4 is 17.5 Å². The van der Waals surface area contributed by atoms with E-state index in [9.17, 15) is 9.90 Å². The van der Waals surface area contributed by atoms with E-state index in [4.69, 9.17) is 9.94 Å². The first-order valence-electron chi connectivity index (χ1n) is 7.49. The highest BCUT2D eigenvalue weighted by Crippen LogP contribution is 2.33. The molecule has 0 saturated carbocycles. The van der Waals surface area contributed by atoms with Crippen LogP contribution in [0.2, 0.25) is 0 Å². The summed E-state index contributed by atoms with van der Waals surface area (Å²) < 4.78 is 5.83. The van der Waals surface area contributed by atoms with Gasteiger partial charge in [-0.3, -0.25) is 0 Å². The summed E-state index contributed by atoms with van der Waals surface area (Å²) in [6.45, 7) is 3.07. The zero-order valence-electron chi connectivity index (χ0n) is 14.5. The van der Waals surface area contributed by atoms with Crippen molar-refractivity contribution in [3.05, 3.63) is 47.9 Å². The second-order valence-electron chi connectivity index (χ2n) is 5.81. The van der Waals surface area contributed by atoms with E-state index in [1.54, 1.807) is 50.2 Å². The second kappa shape index (κ2) is 7.16. The Morgan fingerprint density at radius 1 is 1.36 bits per heavy atom. The molecule has 1 aromatic carbocycles. The van der Waals surface area contributed by atoms with E-state index in [-0.39, 0.29) is 0 Å². The van der Waals surface area contributed by atoms with Gasteiger partial charge in [0.25, 0.3) is 0 Å². The molecule has 1 unspecified atom stereocenters. The summed E-state index contributed by atoms with van der Waals surface area (Å²) in [5.74, 6) is -0.411. The Morgan fingerprint density at radius 3 is 2.68 bits per heavy atom. The Hall–Kier alpha value is -3.16. The Kier molecular flexibility index (Phi) is 5.21. The van der Waals surface area contributed by atoms with Crippen molar-refractivity contribution in [3.63, 3.8) is 0 Å². The van der Waals surface area contributed by atoms with E-state index in [2.05, 4.69) is 15.1 Å². The van der Waals surface area contributed by atoms with E-state index in [1.165, 1.54) is 19.4 Å². The molecule has 2 rings (SSSR count). The number of hydrogen-bond donors (Lipinski definition) is 2. The summed E-state index contributed by atoms with van der Waals surface area (Å²) in [4.78, 5) is 21.8. The highest BCUT2D eigenvalue weighted by Gasteiger charge is 2.41. The summed E-state index contributed by atoms with van der Waals surface area (Å²) in [7, 11) is 3.52. The quantitative estimate of drug-likeness (QED) is 0.469. The van der Waals surface area contributed by atoms with Crippen molar-refractivity contribution in [2.24, 2.45) is 5.16 Å². The molecule has 8 heteroatoms. The van der Waals surface area contributed by atoms with Gasteiger partial charge in [0, 0.05) is 25.9 Å². The number of aliphatic carboxylic acids is 1. The SMILES string of the molecule is CC(=NO)c1cccc(OC(C)(C(=O)O)c2cncnc2N(C)C)c1. The largest absolute Gasteiger partial charge is 0.478 e. The van der Waals surface area contributed by atoms with Crippen LogP contribution in [-0.4, -0.2) is 46.1 Å². The number of carboxylic acids is 1. The smallest absolute Gasteiger partial charge is 0.352 e. The van der Waals surface area contributed by atoms with Gasteiger partial charge in [-0.25, -0.2) is 14.8 Å². The molecule has 0 saturated heterocycles. The van der Waals surface area contributed by atoms with Crippen LogP contribution in [0, 0.1) is 0 Å². The first-order chi connectivity index (χ1) is 11.8. The van der Waals surface area contributed by atoms with Crippen LogP contribution >= 0.6 is 0 Å². The molecule has 0 radical (unpaired) electrons. The highest BCUT2D eigenvalue weighted by atomic mass is 16.5. The molecule has 0 fully saturated rings. The third-order valence-electron chi connectivity index (χ3n) is 3.76. The molecule has 1 aromatic heterocycles. The van der Waals surface area contributed by atoms with Crippen LogP contribution < -0.4 is 9.64 Å². The number of benzene rings is 1. The van der Waals surface area contributed by atoms with Gasteiger partial charge in [-0.2, -0.15) is 0 Å². The van der Waals surface area contributed by atoms with Crippen LogP contribution in [0.4, 0.5) is 5.82 Å². The summed E-state index contributed by atoms with van der Waals surface area (Å²) in [6, 6.07) is 6.66. The van der Waals surface area contributed by atoms with Gasteiger partial charge in [0.15, 0.2) is 0 Å². The lowest BCUT2D eigenvalue weighted by molar-refractivity contribution is -0.154. The minimum absolute atomic E-state index is 0.318. The van der Waals surface area contributed by atoms with Gasteiger partial charge in [-0.15, -0.1) is 0 Å². The van der Waals surface area contributed by atoms with Crippen molar-refractivity contribution in [1.29, 1.82) is 0 Å². The number of nitrogens with zero attached hydrogens (tertiary/aromatic N) is 4. The molecule has 0 amide bonds. The molecule has 0 aliphatic rings. The molecule has 2 aromatic rings. The van der Waals surface area contributed by atoms with E-state index in [0.29, 0.717) is 28.4 Å². The van der Waals surface area contributed by atoms with Crippen LogP contribution in [0.25, 0.3) is 0 Å². The summed E-state index contributed by atoms with van der Waals surface area (Å²) >= 11 is 0. The van der Waals surface area contributed by atoms with Gasteiger partial charge < -0.3 is 20.0 Å². The Balaban J connectivity index is 2.51. The van der Waals surface area contributed by atoms with Gasteiger partial charge in [0.2, 0.25) is 5.60 Å². The Labute approximate surface area is 145 Å². The average molecular weight is 344 g/mol. The molecule has 0 aliphatic carbocycles. The summed E-state index contributed by atoms with van der Waals surface area (Å²) in [5, 5.41) is 21.9. The maximum atomic E-state index is 12.0. The average Bonchev–Trinajstić information content (AvgIpc) is 2.60. The molecule has 2 N–H and O–H groups in total. The third-order valence-corrected chi connectivity index (χ3v) is 3.76. The molecule has 0 aliphatic heterocycles. The lowest BCUT2D eigenvalue weighted by atomic mass is 9.97. The van der Waals surface area contributed by atoms with E-state index in [0.717, 1.165) is 0 Å². The van der Waals surface area contributed by atoms with Crippen LogP contribution in [0.5, 0.6) is 5.75 Å². The molecule has 1 heterocycles. The minimum Gasteiger partial charge on any atom is -0.478 e. The van der Waals surface area contributed by atoms with Gasteiger partial charge >= 0.3 is 5.97 Å². The van der Waals surface area contributed by atoms with E-state index < -0.39 is 11.6 Å². The van der Waals surface area contributed by atoms with Gasteiger partial charge in [0.05, 0.1) is 11.3 Å². The first-order valence-corrected chi connectivity index (χ1v) is 7.49. The number of anilines is 1. The molecular weight excluding hydrogens is 324 g/mol. The topological polar surface area (TPSA) is 108 Å². The third kappa shape index (κ3) is 3.68. The minimum atomic E-state index is -1.70. The predicted molar refractivity (Wildman–Crippen MR) is 92.4 cm³/mol. The van der Waals surface area contributed by atoms with Crippen molar-refractivity contribution in [2.45, 2.75) is 19.4 Å². The Morgan fingerprint density at radius 2 is 2.08 bits per heavy atom. The van der Waals surface area contributed by atoms with Crippen LogP contribution in [0.1, 0.15) is 25.0 Å². The molecule has 1 atom stereocenters. The number of rotatable bonds is 6. The molecule has 25 heavy (non-hydrogen) atoms. The highest BCUT2D eigenvalue weighted by molar-refractivity contribution is 5.98. The fourth-order valence-corrected chi connectivity index (χ4v) is 2.31. The van der Waals surface area contributed by atoms with E-state index in [1.807, 2.05) is 0 Å². The fraction of sp³-hybridized carbons (Fsp3) is 0.294. The number of aromatic nitrogens is 2. The normalized spacial score (nSPS) is 13.8. The number of hydrogen-bond acceptors (Lipinski definition) is 7. The molecule has 8 nitrogen and oxygen atoms in total. The number of carbonyl (C=O) groups is 1. The van der Waals surface area contributed by atoms with Crippen molar-refractivity contribution < 1.29 is 19.8 Å². The van der Waals surface area contributed by atoms with E-state index >= 15 is 0 Å². The van der Waals surface area contributed by atoms with Gasteiger partial charge in [-0.05, 0) is 26.0 Å². The standard InChI is InChI=1S/C17H20N4O4/c1-11(20-24)12-6-5-7-13(8-12)25-17(2,16(22)23)14-9-18-10-19-15(14)21(3)4/h5-10,24H,1-4H3,(H,22,23). The number of oxime groups is 1. The van der Waals surface area contributed by atoms with Crippen molar-refractivity contribution in [2.75, 3.05) is 19.0 Å². The lowest BCUT2D eigenvalue weighted by Gasteiger charge is -2.29. The van der Waals surface area contributed by atoms with Crippen molar-refractivity contribution in [3.8, 4) is 5.75 Å². The number of ether oxygens (including phenoxy) is 1. The Bertz CT molecular complexity index is 807. The molecule has 132 valence electrons. The molecule has 0 spiro atoms. The zero-order valence-corrected chi connectivity index (χ0v) is 14.5. The predicted octanol–water partition coefficient (Wildman–Crippen LogP) is 2.12. The maximum Gasteiger partial charge on any atom is 0.352 e. The maximum absolute atomic E-state index is 12.0.